The van der Waals surface area contributed by atoms with Crippen molar-refractivity contribution in [2.24, 2.45) is 0 Å². The van der Waals surface area contributed by atoms with E-state index in [1.165, 1.54) is 0 Å². The molecule has 24 heavy (non-hydrogen) atoms. The fourth-order valence-corrected chi connectivity index (χ4v) is 2.25. The van der Waals surface area contributed by atoms with Gasteiger partial charge in [-0.1, -0.05) is 30.3 Å². The predicted molar refractivity (Wildman–Crippen MR) is 95.5 cm³/mol. The number of para-hydroxylation sites is 3. The van der Waals surface area contributed by atoms with Gasteiger partial charge in [0.05, 0.1) is 25.4 Å². The molecule has 0 saturated heterocycles. The van der Waals surface area contributed by atoms with E-state index in [4.69, 9.17) is 9.47 Å². The largest absolute Gasteiger partial charge is 0.496 e. The van der Waals surface area contributed by atoms with E-state index >= 15 is 0 Å². The monoisotopic (exact) mass is 328 g/mol. The van der Waals surface area contributed by atoms with Gasteiger partial charge >= 0.3 is 0 Å². The Morgan fingerprint density at radius 1 is 1.04 bits per heavy atom. The van der Waals surface area contributed by atoms with Crippen molar-refractivity contribution in [1.29, 1.82) is 0 Å². The minimum Gasteiger partial charge on any atom is -0.496 e. The molecule has 2 aromatic carbocycles. The Hall–Kier alpha value is -2.69. The first kappa shape index (κ1) is 17.7. The van der Waals surface area contributed by atoms with E-state index in [9.17, 15) is 4.79 Å². The number of amides is 1. The smallest absolute Gasteiger partial charge is 0.239 e. The molecule has 128 valence electrons. The molecule has 0 aliphatic carbocycles. The molecule has 0 saturated carbocycles. The molecule has 0 aliphatic heterocycles. The molecule has 0 atom stereocenters. The number of methoxy groups -OCH3 is 1. The van der Waals surface area contributed by atoms with Crippen molar-refractivity contribution in [2.75, 3.05) is 19.0 Å². The SMILES string of the molecule is COc1ccccc1CNC(=O)CNc1ccccc1OC(C)C. The Morgan fingerprint density at radius 2 is 1.71 bits per heavy atom. The van der Waals surface area contributed by atoms with Crippen LogP contribution in [0.2, 0.25) is 0 Å². The summed E-state index contributed by atoms with van der Waals surface area (Å²) in [6, 6.07) is 15.2. The van der Waals surface area contributed by atoms with Crippen LogP contribution in [0.1, 0.15) is 19.4 Å². The van der Waals surface area contributed by atoms with Gasteiger partial charge in [-0.15, -0.1) is 0 Å². The molecule has 0 spiro atoms. The average Bonchev–Trinajstić information content (AvgIpc) is 2.59. The summed E-state index contributed by atoms with van der Waals surface area (Å²) in [6.45, 7) is 4.54. The van der Waals surface area contributed by atoms with Crippen LogP contribution in [0, 0.1) is 0 Å². The highest BCUT2D eigenvalue weighted by molar-refractivity contribution is 5.81. The van der Waals surface area contributed by atoms with Gasteiger partial charge in [0.1, 0.15) is 11.5 Å². The number of anilines is 1. The van der Waals surface area contributed by atoms with E-state index in [0.717, 1.165) is 22.7 Å². The molecule has 0 aromatic heterocycles. The summed E-state index contributed by atoms with van der Waals surface area (Å²) in [5.41, 5.74) is 1.75. The average molecular weight is 328 g/mol. The zero-order chi connectivity index (χ0) is 17.4. The minimum absolute atomic E-state index is 0.0762. The van der Waals surface area contributed by atoms with Gasteiger partial charge in [0, 0.05) is 12.1 Å². The summed E-state index contributed by atoms with van der Waals surface area (Å²) in [7, 11) is 1.62. The lowest BCUT2D eigenvalue weighted by atomic mass is 10.2. The van der Waals surface area contributed by atoms with Crippen LogP contribution in [-0.4, -0.2) is 25.7 Å². The number of hydrogen-bond donors (Lipinski definition) is 2. The normalized spacial score (nSPS) is 10.3. The highest BCUT2D eigenvalue weighted by Crippen LogP contribution is 2.24. The Kier molecular flexibility index (Phi) is 6.49. The molecule has 0 aliphatic rings. The van der Waals surface area contributed by atoms with Crippen LogP contribution >= 0.6 is 0 Å². The van der Waals surface area contributed by atoms with Crippen LogP contribution in [0.5, 0.6) is 11.5 Å². The highest BCUT2D eigenvalue weighted by Gasteiger charge is 2.08. The number of benzene rings is 2. The summed E-state index contributed by atoms with van der Waals surface area (Å²) < 4.78 is 11.0. The molecular formula is C19H24N2O3. The molecular weight excluding hydrogens is 304 g/mol. The van der Waals surface area contributed by atoms with E-state index in [-0.39, 0.29) is 18.6 Å². The first-order valence-corrected chi connectivity index (χ1v) is 7.98. The number of nitrogens with one attached hydrogen (secondary N) is 2. The molecule has 1 amide bonds. The standard InChI is InChI=1S/C19H24N2O3/c1-14(2)24-18-11-7-5-9-16(18)20-13-19(22)21-12-15-8-4-6-10-17(15)23-3/h4-11,14,20H,12-13H2,1-3H3,(H,21,22). The second-order valence-corrected chi connectivity index (χ2v) is 5.60. The van der Waals surface area contributed by atoms with Gasteiger partial charge in [-0.25, -0.2) is 0 Å². The van der Waals surface area contributed by atoms with E-state index in [1.807, 2.05) is 62.4 Å². The lowest BCUT2D eigenvalue weighted by molar-refractivity contribution is -0.119. The third kappa shape index (κ3) is 5.19. The molecule has 0 unspecified atom stereocenters. The predicted octanol–water partition coefficient (Wildman–Crippen LogP) is 3.21. The lowest BCUT2D eigenvalue weighted by Gasteiger charge is -2.15. The summed E-state index contributed by atoms with van der Waals surface area (Å²) >= 11 is 0. The molecule has 0 bridgehead atoms. The van der Waals surface area contributed by atoms with Gasteiger partial charge in [-0.2, -0.15) is 0 Å². The van der Waals surface area contributed by atoms with E-state index < -0.39 is 0 Å². The van der Waals surface area contributed by atoms with Crippen LogP contribution in [0.4, 0.5) is 5.69 Å². The summed E-state index contributed by atoms with van der Waals surface area (Å²) in [6.07, 6.45) is 0.0762. The zero-order valence-corrected chi connectivity index (χ0v) is 14.3. The Bertz CT molecular complexity index is 671. The van der Waals surface area contributed by atoms with Crippen molar-refractivity contribution in [3.05, 3.63) is 54.1 Å². The zero-order valence-electron chi connectivity index (χ0n) is 14.3. The third-order valence-corrected chi connectivity index (χ3v) is 3.36. The van der Waals surface area contributed by atoms with Gasteiger partial charge in [-0.05, 0) is 32.0 Å². The van der Waals surface area contributed by atoms with Crippen molar-refractivity contribution < 1.29 is 14.3 Å². The van der Waals surface area contributed by atoms with E-state index in [0.29, 0.717) is 6.54 Å². The second-order valence-electron chi connectivity index (χ2n) is 5.60. The number of carbonyl (C=O) groups excluding carboxylic acids is 1. The van der Waals surface area contributed by atoms with Crippen molar-refractivity contribution in [3.8, 4) is 11.5 Å². The number of hydrogen-bond acceptors (Lipinski definition) is 4. The maximum absolute atomic E-state index is 12.1. The highest BCUT2D eigenvalue weighted by atomic mass is 16.5. The molecule has 0 radical (unpaired) electrons. The van der Waals surface area contributed by atoms with Crippen LogP contribution in [-0.2, 0) is 11.3 Å². The van der Waals surface area contributed by atoms with Crippen LogP contribution in [0.15, 0.2) is 48.5 Å². The fourth-order valence-electron chi connectivity index (χ4n) is 2.25. The van der Waals surface area contributed by atoms with Crippen LogP contribution < -0.4 is 20.1 Å². The van der Waals surface area contributed by atoms with Crippen molar-refractivity contribution in [3.63, 3.8) is 0 Å². The van der Waals surface area contributed by atoms with Gasteiger partial charge in [-0.3, -0.25) is 4.79 Å². The summed E-state index contributed by atoms with van der Waals surface area (Å²) in [5.74, 6) is 1.41. The van der Waals surface area contributed by atoms with Crippen LogP contribution in [0.25, 0.3) is 0 Å². The van der Waals surface area contributed by atoms with Gasteiger partial charge in [0.25, 0.3) is 0 Å². The lowest BCUT2D eigenvalue weighted by Crippen LogP contribution is -2.29. The van der Waals surface area contributed by atoms with Crippen molar-refractivity contribution in [2.45, 2.75) is 26.5 Å². The van der Waals surface area contributed by atoms with Crippen molar-refractivity contribution >= 4 is 11.6 Å². The Morgan fingerprint density at radius 3 is 2.42 bits per heavy atom. The maximum Gasteiger partial charge on any atom is 0.239 e. The van der Waals surface area contributed by atoms with Gasteiger partial charge < -0.3 is 20.1 Å². The molecule has 2 aromatic rings. The minimum atomic E-state index is -0.0970. The van der Waals surface area contributed by atoms with Crippen LogP contribution in [0.3, 0.4) is 0 Å². The topological polar surface area (TPSA) is 59.6 Å². The Labute approximate surface area is 143 Å². The summed E-state index contributed by atoms with van der Waals surface area (Å²) in [5, 5.41) is 6.00. The molecule has 5 nitrogen and oxygen atoms in total. The number of rotatable bonds is 8. The summed E-state index contributed by atoms with van der Waals surface area (Å²) in [4.78, 5) is 12.1. The Balaban J connectivity index is 1.87. The van der Waals surface area contributed by atoms with E-state index in [1.54, 1.807) is 7.11 Å². The van der Waals surface area contributed by atoms with E-state index in [2.05, 4.69) is 10.6 Å². The van der Waals surface area contributed by atoms with Gasteiger partial charge in [0.2, 0.25) is 5.91 Å². The second kappa shape index (κ2) is 8.82. The first-order chi connectivity index (χ1) is 11.6. The van der Waals surface area contributed by atoms with Gasteiger partial charge in [0.15, 0.2) is 0 Å². The molecule has 5 heteroatoms. The first-order valence-electron chi connectivity index (χ1n) is 7.98. The molecule has 0 heterocycles. The molecule has 0 fully saturated rings. The quantitative estimate of drug-likeness (QED) is 0.781. The maximum atomic E-state index is 12.1. The van der Waals surface area contributed by atoms with Crippen molar-refractivity contribution in [1.82, 2.24) is 5.32 Å². The third-order valence-electron chi connectivity index (χ3n) is 3.36. The molecule has 2 N–H and O–H groups in total. The number of ether oxygens (including phenoxy) is 2. The number of carbonyl (C=O) groups is 1. The molecule has 2 rings (SSSR count). The fraction of sp³-hybridized carbons (Fsp3) is 0.316.